The molecule has 3 aromatic rings. The predicted octanol–water partition coefficient (Wildman–Crippen LogP) is 1.50. The predicted molar refractivity (Wildman–Crippen MR) is 111 cm³/mol. The molecule has 28 heavy (non-hydrogen) atoms. The van der Waals surface area contributed by atoms with Crippen LogP contribution in [0.5, 0.6) is 0 Å². The third kappa shape index (κ3) is 4.43. The highest BCUT2D eigenvalue weighted by atomic mass is 35.5. The van der Waals surface area contributed by atoms with E-state index < -0.39 is 0 Å². The molecule has 0 bridgehead atoms. The monoisotopic (exact) mass is 417 g/mol. The number of hydrogen-bond donors (Lipinski definition) is 2. The second-order valence-corrected chi connectivity index (χ2v) is 8.84. The Balaban J connectivity index is 1.29. The first kappa shape index (κ1) is 19.1. The molecule has 4 rings (SSSR count). The lowest BCUT2D eigenvalue weighted by Gasteiger charge is -2.32. The first-order chi connectivity index (χ1) is 13.6. The van der Waals surface area contributed by atoms with Gasteiger partial charge in [0.1, 0.15) is 12.4 Å². The van der Waals surface area contributed by atoms with Crippen molar-refractivity contribution in [3.05, 3.63) is 61.8 Å². The molecule has 1 aliphatic heterocycles. The number of rotatable bonds is 5. The number of thiophene rings is 1. The number of amides is 1. The first-order valence-corrected chi connectivity index (χ1v) is 10.6. The van der Waals surface area contributed by atoms with Crippen molar-refractivity contribution in [2.24, 2.45) is 0 Å². The third-order valence-corrected chi connectivity index (χ3v) is 6.35. The van der Waals surface area contributed by atoms with Crippen LogP contribution in [0.15, 0.2) is 41.2 Å². The molecule has 1 amide bonds. The number of carbonyl (C=O) groups excluding carboxylic acids is 1. The lowest BCUT2D eigenvalue weighted by Crippen LogP contribution is -3.13. The molecule has 2 aromatic heterocycles. The standard InChI is InChI=1S/C20H21ClN4O2S/c21-17-6-5-14(28-17)13-24-9-11-25(12-10-24)19(26)8-7-18-22-16-4-2-1-3-15(16)20(27)23-18/h1-6H,7-13H2,(H,22,23,27)/p+1. The van der Waals surface area contributed by atoms with Crippen LogP contribution in [-0.2, 0) is 17.8 Å². The van der Waals surface area contributed by atoms with Gasteiger partial charge in [0.25, 0.3) is 5.56 Å². The number of hydrogen-bond acceptors (Lipinski definition) is 4. The Morgan fingerprint density at radius 2 is 2.00 bits per heavy atom. The van der Waals surface area contributed by atoms with Gasteiger partial charge >= 0.3 is 0 Å². The number of aromatic nitrogens is 2. The molecule has 0 atom stereocenters. The molecule has 1 aromatic carbocycles. The Morgan fingerprint density at radius 3 is 2.75 bits per heavy atom. The molecule has 1 saturated heterocycles. The molecule has 0 radical (unpaired) electrons. The summed E-state index contributed by atoms with van der Waals surface area (Å²) in [5.41, 5.74) is 0.513. The summed E-state index contributed by atoms with van der Waals surface area (Å²) in [5.74, 6) is 0.685. The Labute approximate surface area is 171 Å². The number of nitrogens with zero attached hydrogens (tertiary/aromatic N) is 2. The van der Waals surface area contributed by atoms with Gasteiger partial charge in [0.2, 0.25) is 5.91 Å². The van der Waals surface area contributed by atoms with E-state index in [2.05, 4.69) is 16.0 Å². The number of aryl methyl sites for hydroxylation is 1. The first-order valence-electron chi connectivity index (χ1n) is 9.42. The molecule has 2 N–H and O–H groups in total. The van der Waals surface area contributed by atoms with Gasteiger partial charge in [-0.15, -0.1) is 11.3 Å². The van der Waals surface area contributed by atoms with E-state index in [1.165, 1.54) is 9.78 Å². The lowest BCUT2D eigenvalue weighted by molar-refractivity contribution is -0.917. The quantitative estimate of drug-likeness (QED) is 0.661. The fourth-order valence-electron chi connectivity index (χ4n) is 3.58. The summed E-state index contributed by atoms with van der Waals surface area (Å²) in [7, 11) is 0. The fraction of sp³-hybridized carbons (Fsp3) is 0.350. The Bertz CT molecular complexity index is 1040. The highest BCUT2D eigenvalue weighted by molar-refractivity contribution is 7.16. The highest BCUT2D eigenvalue weighted by Gasteiger charge is 2.24. The van der Waals surface area contributed by atoms with Gasteiger partial charge in [-0.3, -0.25) is 9.59 Å². The largest absolute Gasteiger partial charge is 0.331 e. The van der Waals surface area contributed by atoms with E-state index in [0.29, 0.717) is 29.6 Å². The normalized spacial score (nSPS) is 15.2. The van der Waals surface area contributed by atoms with Crippen molar-refractivity contribution < 1.29 is 9.69 Å². The van der Waals surface area contributed by atoms with E-state index in [-0.39, 0.29) is 11.5 Å². The number of H-pyrrole nitrogens is 1. The summed E-state index contributed by atoms with van der Waals surface area (Å²) in [6.45, 7) is 4.35. The van der Waals surface area contributed by atoms with Gasteiger partial charge in [-0.1, -0.05) is 23.7 Å². The second-order valence-electron chi connectivity index (χ2n) is 7.04. The van der Waals surface area contributed by atoms with Gasteiger partial charge in [0, 0.05) is 12.8 Å². The summed E-state index contributed by atoms with van der Waals surface area (Å²) in [6.07, 6.45) is 0.802. The van der Waals surface area contributed by atoms with Crippen LogP contribution in [-0.4, -0.2) is 47.0 Å². The molecule has 6 nitrogen and oxygen atoms in total. The average Bonchev–Trinajstić information content (AvgIpc) is 3.11. The maximum Gasteiger partial charge on any atom is 0.258 e. The minimum absolute atomic E-state index is 0.119. The van der Waals surface area contributed by atoms with Crippen molar-refractivity contribution in [3.8, 4) is 0 Å². The Morgan fingerprint density at radius 1 is 1.21 bits per heavy atom. The number of nitrogens with one attached hydrogen (secondary N) is 2. The number of benzene rings is 1. The highest BCUT2D eigenvalue weighted by Crippen LogP contribution is 2.20. The maximum atomic E-state index is 12.6. The second kappa shape index (κ2) is 8.43. The van der Waals surface area contributed by atoms with Gasteiger partial charge in [-0.05, 0) is 24.3 Å². The van der Waals surface area contributed by atoms with Crippen LogP contribution in [0.1, 0.15) is 17.1 Å². The maximum absolute atomic E-state index is 12.6. The molecule has 146 valence electrons. The van der Waals surface area contributed by atoms with Crippen molar-refractivity contribution in [1.82, 2.24) is 14.9 Å². The number of para-hydroxylation sites is 1. The van der Waals surface area contributed by atoms with E-state index in [9.17, 15) is 9.59 Å². The molecule has 1 aliphatic rings. The molecule has 0 unspecified atom stereocenters. The Kier molecular flexibility index (Phi) is 5.75. The van der Waals surface area contributed by atoms with Gasteiger partial charge in [0.15, 0.2) is 0 Å². The zero-order valence-corrected chi connectivity index (χ0v) is 17.0. The topological polar surface area (TPSA) is 70.5 Å². The van der Waals surface area contributed by atoms with Gasteiger partial charge in [-0.25, -0.2) is 4.98 Å². The molecule has 3 heterocycles. The van der Waals surface area contributed by atoms with Gasteiger partial charge < -0.3 is 14.8 Å². The zero-order chi connectivity index (χ0) is 19.5. The summed E-state index contributed by atoms with van der Waals surface area (Å²) in [5, 5.41) is 0.573. The van der Waals surface area contributed by atoms with Crippen LogP contribution in [0, 0.1) is 0 Å². The smallest absolute Gasteiger partial charge is 0.258 e. The number of piperazine rings is 1. The van der Waals surface area contributed by atoms with Crippen LogP contribution < -0.4 is 10.5 Å². The van der Waals surface area contributed by atoms with E-state index in [4.69, 9.17) is 11.6 Å². The van der Waals surface area contributed by atoms with Gasteiger partial charge in [0.05, 0.1) is 46.3 Å². The van der Waals surface area contributed by atoms with Crippen LogP contribution in [0.2, 0.25) is 4.34 Å². The Hall–Kier alpha value is -2.22. The van der Waals surface area contributed by atoms with Crippen molar-refractivity contribution in [1.29, 1.82) is 0 Å². The summed E-state index contributed by atoms with van der Waals surface area (Å²) < 4.78 is 0.823. The number of carbonyl (C=O) groups is 1. The molecule has 0 saturated carbocycles. The van der Waals surface area contributed by atoms with E-state index in [1.807, 2.05) is 29.2 Å². The van der Waals surface area contributed by atoms with Crippen molar-refractivity contribution in [3.63, 3.8) is 0 Å². The molecular weight excluding hydrogens is 396 g/mol. The SMILES string of the molecule is O=C(CCc1nc2ccccc2c(=O)[nH]1)N1CC[NH+](Cc2ccc(Cl)s2)CC1. The third-order valence-electron chi connectivity index (χ3n) is 5.11. The minimum Gasteiger partial charge on any atom is -0.331 e. The molecular formula is C20H22ClN4O2S+. The van der Waals surface area contributed by atoms with Crippen molar-refractivity contribution >= 4 is 39.7 Å². The van der Waals surface area contributed by atoms with Crippen LogP contribution >= 0.6 is 22.9 Å². The summed E-state index contributed by atoms with van der Waals surface area (Å²) in [4.78, 5) is 36.6. The van der Waals surface area contributed by atoms with Crippen LogP contribution in [0.4, 0.5) is 0 Å². The van der Waals surface area contributed by atoms with Crippen LogP contribution in [0.3, 0.4) is 0 Å². The summed E-state index contributed by atoms with van der Waals surface area (Å²) >= 11 is 7.62. The summed E-state index contributed by atoms with van der Waals surface area (Å²) in [6, 6.07) is 11.3. The van der Waals surface area contributed by atoms with E-state index >= 15 is 0 Å². The van der Waals surface area contributed by atoms with E-state index in [0.717, 1.165) is 37.1 Å². The average molecular weight is 418 g/mol. The number of halogens is 1. The molecule has 0 aliphatic carbocycles. The number of quaternary nitrogens is 1. The zero-order valence-electron chi connectivity index (χ0n) is 15.4. The molecule has 8 heteroatoms. The molecule has 1 fully saturated rings. The van der Waals surface area contributed by atoms with Gasteiger partial charge in [-0.2, -0.15) is 0 Å². The number of fused-ring (bicyclic) bond motifs is 1. The van der Waals surface area contributed by atoms with Crippen molar-refractivity contribution in [2.75, 3.05) is 26.2 Å². The number of aromatic amines is 1. The molecule has 0 spiro atoms. The van der Waals surface area contributed by atoms with Crippen LogP contribution in [0.25, 0.3) is 10.9 Å². The van der Waals surface area contributed by atoms with Crippen molar-refractivity contribution in [2.45, 2.75) is 19.4 Å². The lowest BCUT2D eigenvalue weighted by atomic mass is 10.2. The fourth-order valence-corrected chi connectivity index (χ4v) is 4.74. The minimum atomic E-state index is -0.154. The van der Waals surface area contributed by atoms with E-state index in [1.54, 1.807) is 17.4 Å².